The van der Waals surface area contributed by atoms with Crippen molar-refractivity contribution < 1.29 is 9.53 Å². The van der Waals surface area contributed by atoms with Crippen molar-refractivity contribution in [1.82, 2.24) is 5.32 Å². The minimum absolute atomic E-state index is 0.239. The predicted octanol–water partition coefficient (Wildman–Crippen LogP) is 1.69. The molecule has 0 saturated heterocycles. The second-order valence-electron chi connectivity index (χ2n) is 3.16. The number of anilines is 1. The molecule has 1 rings (SSSR count). The Morgan fingerprint density at radius 1 is 1.56 bits per heavy atom. The third-order valence-corrected chi connectivity index (χ3v) is 2.43. The Labute approximate surface area is 99.7 Å². The van der Waals surface area contributed by atoms with Crippen LogP contribution in [-0.2, 0) is 4.74 Å². The molecule has 0 spiro atoms. The molecular formula is C11H15ClN2O2. The van der Waals surface area contributed by atoms with Gasteiger partial charge in [0.15, 0.2) is 0 Å². The van der Waals surface area contributed by atoms with E-state index in [1.165, 1.54) is 0 Å². The number of nitrogen functional groups attached to an aromatic ring is 1. The third-order valence-electron chi connectivity index (χ3n) is 2.01. The number of amides is 1. The summed E-state index contributed by atoms with van der Waals surface area (Å²) in [6, 6.07) is 4.98. The Bertz CT molecular complexity index is 369. The molecule has 0 aromatic heterocycles. The second-order valence-corrected chi connectivity index (χ2v) is 3.54. The minimum Gasteiger partial charge on any atom is -0.398 e. The SMILES string of the molecule is CCOCCNC(=O)c1cccc(N)c1Cl. The highest BCUT2D eigenvalue weighted by Crippen LogP contribution is 2.22. The van der Waals surface area contributed by atoms with E-state index in [1.807, 2.05) is 6.92 Å². The van der Waals surface area contributed by atoms with Crippen LogP contribution in [0.4, 0.5) is 5.69 Å². The van der Waals surface area contributed by atoms with E-state index in [0.717, 1.165) is 0 Å². The van der Waals surface area contributed by atoms with Gasteiger partial charge >= 0.3 is 0 Å². The number of hydrogen-bond acceptors (Lipinski definition) is 3. The average molecular weight is 243 g/mol. The van der Waals surface area contributed by atoms with Gasteiger partial charge in [0.1, 0.15) is 0 Å². The van der Waals surface area contributed by atoms with Gasteiger partial charge in [-0.3, -0.25) is 4.79 Å². The molecule has 88 valence electrons. The summed E-state index contributed by atoms with van der Waals surface area (Å²) in [6.45, 7) is 3.48. The van der Waals surface area contributed by atoms with Gasteiger partial charge in [-0.05, 0) is 19.1 Å². The smallest absolute Gasteiger partial charge is 0.252 e. The minimum atomic E-state index is -0.239. The van der Waals surface area contributed by atoms with Crippen molar-refractivity contribution in [3.63, 3.8) is 0 Å². The maximum absolute atomic E-state index is 11.7. The van der Waals surface area contributed by atoms with Gasteiger partial charge < -0.3 is 15.8 Å². The van der Waals surface area contributed by atoms with E-state index >= 15 is 0 Å². The fraction of sp³-hybridized carbons (Fsp3) is 0.364. The molecule has 0 unspecified atom stereocenters. The van der Waals surface area contributed by atoms with Gasteiger partial charge in [-0.1, -0.05) is 17.7 Å². The van der Waals surface area contributed by atoms with Gasteiger partial charge in [0, 0.05) is 13.2 Å². The number of hydrogen-bond donors (Lipinski definition) is 2. The molecule has 0 fully saturated rings. The highest BCUT2D eigenvalue weighted by Gasteiger charge is 2.10. The Hall–Kier alpha value is -1.26. The highest BCUT2D eigenvalue weighted by molar-refractivity contribution is 6.36. The molecule has 0 saturated carbocycles. The quantitative estimate of drug-likeness (QED) is 0.610. The predicted molar refractivity (Wildman–Crippen MR) is 64.7 cm³/mol. The standard InChI is InChI=1S/C11H15ClN2O2/c1-2-16-7-6-14-11(15)8-4-3-5-9(13)10(8)12/h3-5H,2,6-7,13H2,1H3,(H,14,15). The van der Waals surface area contributed by atoms with E-state index in [-0.39, 0.29) is 10.9 Å². The zero-order chi connectivity index (χ0) is 12.0. The molecule has 0 aliphatic heterocycles. The van der Waals surface area contributed by atoms with E-state index in [4.69, 9.17) is 22.1 Å². The first-order chi connectivity index (χ1) is 7.66. The van der Waals surface area contributed by atoms with E-state index in [0.29, 0.717) is 31.0 Å². The first-order valence-electron chi connectivity index (χ1n) is 5.06. The normalized spacial score (nSPS) is 10.1. The second kappa shape index (κ2) is 6.35. The molecule has 4 nitrogen and oxygen atoms in total. The number of nitrogens with two attached hydrogens (primary N) is 1. The van der Waals surface area contributed by atoms with Gasteiger partial charge in [0.05, 0.1) is 22.9 Å². The van der Waals surface area contributed by atoms with E-state index in [9.17, 15) is 4.79 Å². The molecular weight excluding hydrogens is 228 g/mol. The Kier molecular flexibility index (Phi) is 5.08. The van der Waals surface area contributed by atoms with Crippen LogP contribution in [0.2, 0.25) is 5.02 Å². The molecule has 1 aromatic rings. The van der Waals surface area contributed by atoms with Crippen molar-refractivity contribution in [2.24, 2.45) is 0 Å². The van der Waals surface area contributed by atoms with Crippen LogP contribution in [0, 0.1) is 0 Å². The number of benzene rings is 1. The molecule has 0 aliphatic rings. The van der Waals surface area contributed by atoms with Crippen LogP contribution in [0.5, 0.6) is 0 Å². The number of carbonyl (C=O) groups excluding carboxylic acids is 1. The molecule has 0 bridgehead atoms. The summed E-state index contributed by atoms with van der Waals surface area (Å²) in [4.78, 5) is 11.7. The van der Waals surface area contributed by atoms with E-state index < -0.39 is 0 Å². The van der Waals surface area contributed by atoms with Crippen LogP contribution in [0.25, 0.3) is 0 Å². The van der Waals surface area contributed by atoms with Gasteiger partial charge in [-0.2, -0.15) is 0 Å². The molecule has 0 heterocycles. The fourth-order valence-electron chi connectivity index (χ4n) is 1.20. The van der Waals surface area contributed by atoms with Crippen molar-refractivity contribution >= 4 is 23.2 Å². The van der Waals surface area contributed by atoms with E-state index in [1.54, 1.807) is 18.2 Å². The number of rotatable bonds is 5. The molecule has 0 aliphatic carbocycles. The van der Waals surface area contributed by atoms with Crippen LogP contribution in [-0.4, -0.2) is 25.7 Å². The Morgan fingerprint density at radius 2 is 2.31 bits per heavy atom. The van der Waals surface area contributed by atoms with Gasteiger partial charge in [-0.15, -0.1) is 0 Å². The topological polar surface area (TPSA) is 64.3 Å². The van der Waals surface area contributed by atoms with Crippen LogP contribution in [0.1, 0.15) is 17.3 Å². The maximum atomic E-state index is 11.7. The molecule has 16 heavy (non-hydrogen) atoms. The van der Waals surface area contributed by atoms with Crippen LogP contribution < -0.4 is 11.1 Å². The number of ether oxygens (including phenoxy) is 1. The summed E-state index contributed by atoms with van der Waals surface area (Å²) < 4.78 is 5.10. The molecule has 0 atom stereocenters. The van der Waals surface area contributed by atoms with Crippen LogP contribution in [0.15, 0.2) is 18.2 Å². The molecule has 0 radical (unpaired) electrons. The zero-order valence-electron chi connectivity index (χ0n) is 9.13. The third kappa shape index (κ3) is 3.40. The van der Waals surface area contributed by atoms with Crippen molar-refractivity contribution in [3.05, 3.63) is 28.8 Å². The molecule has 1 aromatic carbocycles. The largest absolute Gasteiger partial charge is 0.398 e. The van der Waals surface area contributed by atoms with Crippen molar-refractivity contribution in [1.29, 1.82) is 0 Å². The maximum Gasteiger partial charge on any atom is 0.252 e. The average Bonchev–Trinajstić information content (AvgIpc) is 2.28. The summed E-state index contributed by atoms with van der Waals surface area (Å²) in [7, 11) is 0. The number of halogens is 1. The Balaban J connectivity index is 2.56. The lowest BCUT2D eigenvalue weighted by Gasteiger charge is -2.07. The van der Waals surface area contributed by atoms with Gasteiger partial charge in [0.25, 0.3) is 5.91 Å². The van der Waals surface area contributed by atoms with Crippen LogP contribution in [0.3, 0.4) is 0 Å². The number of carbonyl (C=O) groups is 1. The first-order valence-corrected chi connectivity index (χ1v) is 5.44. The lowest BCUT2D eigenvalue weighted by Crippen LogP contribution is -2.27. The summed E-state index contributed by atoms with van der Waals surface area (Å²) in [5, 5.41) is 2.99. The molecule has 1 amide bonds. The van der Waals surface area contributed by atoms with Crippen molar-refractivity contribution in [2.45, 2.75) is 6.92 Å². The van der Waals surface area contributed by atoms with Gasteiger partial charge in [0.2, 0.25) is 0 Å². The van der Waals surface area contributed by atoms with Gasteiger partial charge in [-0.25, -0.2) is 0 Å². The van der Waals surface area contributed by atoms with E-state index in [2.05, 4.69) is 5.32 Å². The summed E-state index contributed by atoms with van der Waals surface area (Å²) in [5.74, 6) is -0.239. The van der Waals surface area contributed by atoms with Crippen LogP contribution >= 0.6 is 11.6 Å². The highest BCUT2D eigenvalue weighted by atomic mass is 35.5. The fourth-order valence-corrected chi connectivity index (χ4v) is 1.41. The first kappa shape index (κ1) is 12.8. The van der Waals surface area contributed by atoms with Crippen molar-refractivity contribution in [3.8, 4) is 0 Å². The summed E-state index contributed by atoms with van der Waals surface area (Å²) in [6.07, 6.45) is 0. The lowest BCUT2D eigenvalue weighted by molar-refractivity contribution is 0.0923. The summed E-state index contributed by atoms with van der Waals surface area (Å²) >= 11 is 5.91. The van der Waals surface area contributed by atoms with Crippen molar-refractivity contribution in [2.75, 3.05) is 25.5 Å². The Morgan fingerprint density at radius 3 is 3.00 bits per heavy atom. The zero-order valence-corrected chi connectivity index (χ0v) is 9.88. The number of nitrogens with one attached hydrogen (secondary N) is 1. The monoisotopic (exact) mass is 242 g/mol. The molecule has 3 N–H and O–H groups in total. The molecule has 5 heteroatoms. The lowest BCUT2D eigenvalue weighted by atomic mass is 10.2. The summed E-state index contributed by atoms with van der Waals surface area (Å²) in [5.41, 5.74) is 6.39.